The van der Waals surface area contributed by atoms with Crippen LogP contribution in [0.1, 0.15) is 35.2 Å². The second kappa shape index (κ2) is 6.28. The summed E-state index contributed by atoms with van der Waals surface area (Å²) in [7, 11) is 0. The number of nitrogen functional groups attached to an aromatic ring is 2. The lowest BCUT2D eigenvalue weighted by atomic mass is 9.98. The molecule has 0 aliphatic heterocycles. The molecule has 1 aromatic carbocycles. The first-order chi connectivity index (χ1) is 10.7. The number of alkyl halides is 3. The Balaban J connectivity index is 2.20. The van der Waals surface area contributed by atoms with E-state index in [4.69, 9.17) is 11.5 Å². The maximum absolute atomic E-state index is 12.6. The maximum Gasteiger partial charge on any atom is 0.416 e. The molecular formula is C16H17F3N4. The van der Waals surface area contributed by atoms with Gasteiger partial charge in [0.25, 0.3) is 0 Å². The van der Waals surface area contributed by atoms with Crippen molar-refractivity contribution in [3.8, 4) is 0 Å². The van der Waals surface area contributed by atoms with Crippen molar-refractivity contribution in [2.45, 2.75) is 25.9 Å². The highest BCUT2D eigenvalue weighted by molar-refractivity contribution is 5.64. The molecule has 122 valence electrons. The average molecular weight is 322 g/mol. The Hall–Kier alpha value is -2.57. The number of rotatable bonds is 3. The minimum absolute atomic E-state index is 0.0892. The summed E-state index contributed by atoms with van der Waals surface area (Å²) in [5.41, 5.74) is 12.7. The highest BCUT2D eigenvalue weighted by Gasteiger charge is 2.30. The number of aryl methyl sites for hydroxylation is 1. The number of allylic oxidation sites excluding steroid dienone is 1. The van der Waals surface area contributed by atoms with Crippen LogP contribution < -0.4 is 11.5 Å². The van der Waals surface area contributed by atoms with Crippen LogP contribution in [0.5, 0.6) is 0 Å². The lowest BCUT2D eigenvalue weighted by Crippen LogP contribution is -2.05. The summed E-state index contributed by atoms with van der Waals surface area (Å²) in [5, 5.41) is 0. The van der Waals surface area contributed by atoms with Crippen LogP contribution >= 0.6 is 0 Å². The predicted molar refractivity (Wildman–Crippen MR) is 84.5 cm³/mol. The van der Waals surface area contributed by atoms with E-state index in [9.17, 15) is 13.2 Å². The third-order valence-corrected chi connectivity index (χ3v) is 3.50. The van der Waals surface area contributed by atoms with E-state index in [1.165, 1.54) is 12.1 Å². The number of hydrogen-bond acceptors (Lipinski definition) is 4. The Morgan fingerprint density at radius 1 is 1.09 bits per heavy atom. The van der Waals surface area contributed by atoms with Crippen LogP contribution in [0, 0.1) is 6.92 Å². The van der Waals surface area contributed by atoms with Crippen molar-refractivity contribution in [2.75, 3.05) is 11.5 Å². The van der Waals surface area contributed by atoms with E-state index in [0.717, 1.165) is 17.7 Å². The van der Waals surface area contributed by atoms with Crippen LogP contribution in [0.3, 0.4) is 0 Å². The van der Waals surface area contributed by atoms with Gasteiger partial charge in [0.1, 0.15) is 5.82 Å². The van der Waals surface area contributed by atoms with Gasteiger partial charge in [-0.25, -0.2) is 4.98 Å². The fraction of sp³-hybridized carbons (Fsp3) is 0.250. The van der Waals surface area contributed by atoms with Gasteiger partial charge in [0.15, 0.2) is 0 Å². The summed E-state index contributed by atoms with van der Waals surface area (Å²) < 4.78 is 37.7. The summed E-state index contributed by atoms with van der Waals surface area (Å²) in [4.78, 5) is 7.93. The standard InChI is InChI=1S/C16H17F3N4/c1-9(11-4-6-12(7-5-11)16(17,18)19)3-8-13-10(2)22-15(21)23-14(13)20/h3-9H,1-2H3,(H4,20,21,22,23)/b8-3+. The number of nitrogens with two attached hydrogens (primary N) is 2. The number of nitrogens with zero attached hydrogens (tertiary/aromatic N) is 2. The van der Waals surface area contributed by atoms with Gasteiger partial charge in [-0.05, 0) is 30.5 Å². The summed E-state index contributed by atoms with van der Waals surface area (Å²) in [6.45, 7) is 3.64. The van der Waals surface area contributed by atoms with Gasteiger partial charge in [0.2, 0.25) is 5.95 Å². The topological polar surface area (TPSA) is 77.8 Å². The summed E-state index contributed by atoms with van der Waals surface area (Å²) >= 11 is 0. The molecule has 0 radical (unpaired) electrons. The van der Waals surface area contributed by atoms with Crippen LogP contribution in [0.15, 0.2) is 30.3 Å². The second-order valence-electron chi connectivity index (χ2n) is 5.23. The normalized spacial score (nSPS) is 13.4. The lowest BCUT2D eigenvalue weighted by Gasteiger charge is -2.11. The molecule has 1 heterocycles. The van der Waals surface area contributed by atoms with Crippen LogP contribution in [0.25, 0.3) is 6.08 Å². The summed E-state index contributed by atoms with van der Waals surface area (Å²) in [5.74, 6) is 0.285. The molecule has 1 unspecified atom stereocenters. The van der Waals surface area contributed by atoms with Crippen molar-refractivity contribution in [1.82, 2.24) is 9.97 Å². The summed E-state index contributed by atoms with van der Waals surface area (Å²) in [6.07, 6.45) is -0.738. The molecule has 7 heteroatoms. The van der Waals surface area contributed by atoms with Gasteiger partial charge in [-0.1, -0.05) is 31.2 Å². The molecule has 1 atom stereocenters. The number of halogens is 3. The zero-order valence-corrected chi connectivity index (χ0v) is 12.7. The molecule has 0 saturated carbocycles. The smallest absolute Gasteiger partial charge is 0.383 e. The lowest BCUT2D eigenvalue weighted by molar-refractivity contribution is -0.137. The third-order valence-electron chi connectivity index (χ3n) is 3.50. The molecule has 0 aliphatic carbocycles. The first kappa shape index (κ1) is 16.8. The van der Waals surface area contributed by atoms with Crippen molar-refractivity contribution in [2.24, 2.45) is 0 Å². The minimum Gasteiger partial charge on any atom is -0.383 e. The van der Waals surface area contributed by atoms with Crippen molar-refractivity contribution < 1.29 is 13.2 Å². The molecular weight excluding hydrogens is 305 g/mol. The Morgan fingerprint density at radius 3 is 2.22 bits per heavy atom. The number of aromatic nitrogens is 2. The molecule has 2 rings (SSSR count). The van der Waals surface area contributed by atoms with Crippen molar-refractivity contribution in [3.63, 3.8) is 0 Å². The molecule has 0 bridgehead atoms. The molecule has 1 aromatic heterocycles. The molecule has 4 N–H and O–H groups in total. The Bertz CT molecular complexity index is 698. The quantitative estimate of drug-likeness (QED) is 0.901. The van der Waals surface area contributed by atoms with Gasteiger partial charge >= 0.3 is 6.18 Å². The van der Waals surface area contributed by atoms with E-state index in [1.54, 1.807) is 13.0 Å². The monoisotopic (exact) mass is 322 g/mol. The van der Waals surface area contributed by atoms with E-state index in [2.05, 4.69) is 9.97 Å². The Labute approximate surface area is 132 Å². The largest absolute Gasteiger partial charge is 0.416 e. The van der Waals surface area contributed by atoms with Crippen LogP contribution in [-0.4, -0.2) is 9.97 Å². The fourth-order valence-electron chi connectivity index (χ4n) is 2.16. The van der Waals surface area contributed by atoms with Crippen molar-refractivity contribution >= 4 is 17.8 Å². The average Bonchev–Trinajstić information content (AvgIpc) is 2.45. The first-order valence-electron chi connectivity index (χ1n) is 6.93. The SMILES string of the molecule is Cc1nc(N)nc(N)c1/C=C/C(C)c1ccc(C(F)(F)F)cc1. The zero-order valence-electron chi connectivity index (χ0n) is 12.7. The highest BCUT2D eigenvalue weighted by Crippen LogP contribution is 2.30. The molecule has 2 aromatic rings. The molecule has 23 heavy (non-hydrogen) atoms. The van der Waals surface area contributed by atoms with E-state index >= 15 is 0 Å². The van der Waals surface area contributed by atoms with Crippen LogP contribution in [0.4, 0.5) is 24.9 Å². The van der Waals surface area contributed by atoms with Gasteiger partial charge in [-0.2, -0.15) is 18.2 Å². The number of anilines is 2. The molecule has 0 saturated heterocycles. The van der Waals surface area contributed by atoms with Gasteiger partial charge < -0.3 is 11.5 Å². The fourth-order valence-corrected chi connectivity index (χ4v) is 2.16. The Morgan fingerprint density at radius 2 is 1.70 bits per heavy atom. The van der Waals surface area contributed by atoms with E-state index in [1.807, 2.05) is 13.0 Å². The molecule has 0 amide bonds. The predicted octanol–water partition coefficient (Wildman–Crippen LogP) is 3.79. The minimum atomic E-state index is -4.33. The van der Waals surface area contributed by atoms with Crippen LogP contribution in [0.2, 0.25) is 0 Å². The highest BCUT2D eigenvalue weighted by atomic mass is 19.4. The van der Waals surface area contributed by atoms with Crippen LogP contribution in [-0.2, 0) is 6.18 Å². The van der Waals surface area contributed by atoms with Crippen molar-refractivity contribution in [3.05, 3.63) is 52.7 Å². The number of benzene rings is 1. The van der Waals surface area contributed by atoms with E-state index in [0.29, 0.717) is 11.3 Å². The van der Waals surface area contributed by atoms with E-state index in [-0.39, 0.29) is 17.7 Å². The second-order valence-corrected chi connectivity index (χ2v) is 5.23. The van der Waals surface area contributed by atoms with Gasteiger partial charge in [-0.3, -0.25) is 0 Å². The molecule has 4 nitrogen and oxygen atoms in total. The maximum atomic E-state index is 12.6. The molecule has 0 fully saturated rings. The van der Waals surface area contributed by atoms with Gasteiger partial charge in [0, 0.05) is 5.56 Å². The summed E-state index contributed by atoms with van der Waals surface area (Å²) in [6, 6.07) is 5.08. The van der Waals surface area contributed by atoms with Gasteiger partial charge in [-0.15, -0.1) is 0 Å². The molecule has 0 aliphatic rings. The van der Waals surface area contributed by atoms with E-state index < -0.39 is 11.7 Å². The number of hydrogen-bond donors (Lipinski definition) is 2. The molecule has 0 spiro atoms. The zero-order chi connectivity index (χ0) is 17.2. The Kier molecular flexibility index (Phi) is 4.58. The van der Waals surface area contributed by atoms with Crippen molar-refractivity contribution in [1.29, 1.82) is 0 Å². The van der Waals surface area contributed by atoms with Gasteiger partial charge in [0.05, 0.1) is 11.3 Å². The third kappa shape index (κ3) is 4.00. The first-order valence-corrected chi connectivity index (χ1v) is 6.93.